The minimum Gasteiger partial charge on any atom is -0.382 e. The summed E-state index contributed by atoms with van der Waals surface area (Å²) in [6.07, 6.45) is 1.27. The zero-order valence-corrected chi connectivity index (χ0v) is 17.7. The van der Waals surface area contributed by atoms with Gasteiger partial charge in [0, 0.05) is 18.0 Å². The summed E-state index contributed by atoms with van der Waals surface area (Å²) in [4.78, 5) is 22.0. The van der Waals surface area contributed by atoms with Gasteiger partial charge in [-0.25, -0.2) is 18.7 Å². The SMILES string of the molecule is CCC(O)(c1cc(F)c2c(c1)C(=O)N(Cc1ncc(Cl)cn1)C2O)C1(F)CCNCC1. The molecule has 31 heavy (non-hydrogen) atoms. The number of fused-ring (bicyclic) bond motifs is 1. The number of alkyl halides is 1. The molecule has 1 fully saturated rings. The number of aliphatic hydroxyl groups excluding tert-OH is 1. The Hall–Kier alpha value is -2.20. The third-order valence-corrected chi connectivity index (χ3v) is 6.48. The number of carbonyl (C=O) groups excluding carboxylic acids is 1. The monoisotopic (exact) mass is 452 g/mol. The molecule has 2 aliphatic rings. The lowest BCUT2D eigenvalue weighted by atomic mass is 9.71. The molecule has 2 unspecified atom stereocenters. The van der Waals surface area contributed by atoms with Crippen molar-refractivity contribution >= 4 is 17.5 Å². The van der Waals surface area contributed by atoms with Crippen LogP contribution in [0.5, 0.6) is 0 Å². The van der Waals surface area contributed by atoms with E-state index in [9.17, 15) is 15.0 Å². The summed E-state index contributed by atoms with van der Waals surface area (Å²) >= 11 is 5.77. The first-order valence-corrected chi connectivity index (χ1v) is 10.5. The van der Waals surface area contributed by atoms with Crippen LogP contribution in [0.4, 0.5) is 8.78 Å². The van der Waals surface area contributed by atoms with Crippen molar-refractivity contribution in [2.75, 3.05) is 13.1 Å². The van der Waals surface area contributed by atoms with Gasteiger partial charge in [0.25, 0.3) is 5.91 Å². The van der Waals surface area contributed by atoms with Gasteiger partial charge in [0.15, 0.2) is 6.23 Å². The van der Waals surface area contributed by atoms with Crippen molar-refractivity contribution < 1.29 is 23.8 Å². The Balaban J connectivity index is 1.71. The average Bonchev–Trinajstić information content (AvgIpc) is 3.00. The molecule has 7 nitrogen and oxygen atoms in total. The second-order valence-electron chi connectivity index (χ2n) is 7.97. The van der Waals surface area contributed by atoms with E-state index in [-0.39, 0.29) is 48.3 Å². The summed E-state index contributed by atoms with van der Waals surface area (Å²) in [6, 6.07) is 2.31. The first kappa shape index (κ1) is 22.0. The molecule has 3 heterocycles. The van der Waals surface area contributed by atoms with E-state index < -0.39 is 29.2 Å². The van der Waals surface area contributed by atoms with Gasteiger partial charge < -0.3 is 20.4 Å². The number of amides is 1. The normalized spacial score (nSPS) is 22.3. The Labute approximate surface area is 183 Å². The van der Waals surface area contributed by atoms with E-state index in [1.807, 2.05) is 0 Å². The van der Waals surface area contributed by atoms with Crippen LogP contribution in [0.15, 0.2) is 24.5 Å². The molecule has 2 aromatic rings. The second-order valence-corrected chi connectivity index (χ2v) is 8.41. The number of piperidine rings is 1. The van der Waals surface area contributed by atoms with Crippen LogP contribution in [0.3, 0.4) is 0 Å². The Morgan fingerprint density at radius 1 is 1.32 bits per heavy atom. The molecule has 1 aromatic carbocycles. The maximum atomic E-state index is 15.8. The molecular formula is C21H23ClF2N4O3. The smallest absolute Gasteiger partial charge is 0.257 e. The van der Waals surface area contributed by atoms with Crippen LogP contribution in [0, 0.1) is 5.82 Å². The molecule has 1 aromatic heterocycles. The van der Waals surface area contributed by atoms with Gasteiger partial charge in [-0.2, -0.15) is 0 Å². The highest BCUT2D eigenvalue weighted by atomic mass is 35.5. The van der Waals surface area contributed by atoms with Gasteiger partial charge in [0.1, 0.15) is 22.9 Å². The van der Waals surface area contributed by atoms with E-state index in [0.29, 0.717) is 18.1 Å². The molecule has 0 bridgehead atoms. The van der Waals surface area contributed by atoms with Crippen molar-refractivity contribution in [1.82, 2.24) is 20.2 Å². The molecule has 0 aliphatic carbocycles. The third kappa shape index (κ3) is 3.59. The minimum atomic E-state index is -1.97. The van der Waals surface area contributed by atoms with Crippen LogP contribution in [-0.2, 0) is 12.1 Å². The predicted molar refractivity (Wildman–Crippen MR) is 108 cm³/mol. The van der Waals surface area contributed by atoms with Crippen LogP contribution < -0.4 is 5.32 Å². The van der Waals surface area contributed by atoms with E-state index in [0.717, 1.165) is 11.0 Å². The zero-order valence-electron chi connectivity index (χ0n) is 16.9. The summed E-state index contributed by atoms with van der Waals surface area (Å²) in [5.74, 6) is -1.32. The topological polar surface area (TPSA) is 98.6 Å². The molecule has 2 atom stereocenters. The number of carbonyl (C=O) groups is 1. The van der Waals surface area contributed by atoms with Crippen molar-refractivity contribution in [1.29, 1.82) is 0 Å². The number of halogens is 3. The lowest BCUT2D eigenvalue weighted by molar-refractivity contribution is -0.127. The average molecular weight is 453 g/mol. The van der Waals surface area contributed by atoms with Crippen molar-refractivity contribution in [2.24, 2.45) is 0 Å². The molecule has 1 saturated heterocycles. The van der Waals surface area contributed by atoms with Gasteiger partial charge in [-0.3, -0.25) is 4.79 Å². The zero-order chi connectivity index (χ0) is 22.4. The van der Waals surface area contributed by atoms with Gasteiger partial charge in [-0.1, -0.05) is 18.5 Å². The number of benzene rings is 1. The van der Waals surface area contributed by atoms with Crippen molar-refractivity contribution in [3.05, 3.63) is 57.9 Å². The minimum absolute atomic E-state index is 0.000793. The molecule has 0 spiro atoms. The maximum absolute atomic E-state index is 15.8. The van der Waals surface area contributed by atoms with E-state index in [1.165, 1.54) is 18.5 Å². The highest BCUT2D eigenvalue weighted by Gasteiger charge is 2.52. The van der Waals surface area contributed by atoms with Crippen molar-refractivity contribution in [3.8, 4) is 0 Å². The lowest BCUT2D eigenvalue weighted by Crippen LogP contribution is -2.53. The Bertz CT molecular complexity index is 1000. The van der Waals surface area contributed by atoms with Gasteiger partial charge in [-0.15, -0.1) is 0 Å². The molecule has 0 radical (unpaired) electrons. The van der Waals surface area contributed by atoms with Gasteiger partial charge >= 0.3 is 0 Å². The van der Waals surface area contributed by atoms with Gasteiger partial charge in [0.2, 0.25) is 0 Å². The molecule has 3 N–H and O–H groups in total. The molecule has 2 aliphatic heterocycles. The van der Waals surface area contributed by atoms with Crippen LogP contribution in [0.2, 0.25) is 5.02 Å². The van der Waals surface area contributed by atoms with Crippen LogP contribution in [-0.4, -0.2) is 49.7 Å². The fourth-order valence-electron chi connectivity index (χ4n) is 4.47. The number of aliphatic hydroxyl groups is 2. The molecule has 0 saturated carbocycles. The quantitative estimate of drug-likeness (QED) is 0.645. The van der Waals surface area contributed by atoms with E-state index in [2.05, 4.69) is 15.3 Å². The highest BCUT2D eigenvalue weighted by Crippen LogP contribution is 2.46. The van der Waals surface area contributed by atoms with Crippen LogP contribution in [0.25, 0.3) is 0 Å². The molecular weight excluding hydrogens is 430 g/mol. The van der Waals surface area contributed by atoms with Crippen LogP contribution >= 0.6 is 11.6 Å². The third-order valence-electron chi connectivity index (χ3n) is 6.29. The number of nitrogens with zero attached hydrogens (tertiary/aromatic N) is 3. The molecule has 10 heteroatoms. The van der Waals surface area contributed by atoms with Gasteiger partial charge in [0.05, 0.1) is 17.1 Å². The summed E-state index contributed by atoms with van der Waals surface area (Å²) < 4.78 is 30.8. The Morgan fingerprint density at radius 2 is 1.97 bits per heavy atom. The molecule has 1 amide bonds. The highest BCUT2D eigenvalue weighted by molar-refractivity contribution is 6.30. The van der Waals surface area contributed by atoms with Crippen molar-refractivity contribution in [3.63, 3.8) is 0 Å². The van der Waals surface area contributed by atoms with E-state index >= 15 is 8.78 Å². The number of rotatable bonds is 5. The fraction of sp³-hybridized carbons (Fsp3) is 0.476. The van der Waals surface area contributed by atoms with Crippen molar-refractivity contribution in [2.45, 2.75) is 50.2 Å². The van der Waals surface area contributed by atoms with Gasteiger partial charge in [-0.05, 0) is 50.0 Å². The van der Waals surface area contributed by atoms with Crippen LogP contribution in [0.1, 0.15) is 59.7 Å². The predicted octanol–water partition coefficient (Wildman–Crippen LogP) is 2.61. The first-order valence-electron chi connectivity index (χ1n) is 10.1. The standard InChI is InChI=1S/C21H23ClF2N4O3/c1-2-21(31,20(24)3-5-25-6-4-20)12-7-14-17(15(23)8-12)19(30)28(18(14)29)11-16-26-9-13(22)10-27-16/h7-10,19,25,30-31H,2-6,11H2,1H3. The maximum Gasteiger partial charge on any atom is 0.257 e. The Morgan fingerprint density at radius 3 is 2.58 bits per heavy atom. The number of nitrogens with one attached hydrogen (secondary N) is 1. The second kappa shape index (κ2) is 8.05. The summed E-state index contributed by atoms with van der Waals surface area (Å²) in [5, 5.41) is 25.3. The molecule has 166 valence electrons. The number of hydrogen-bond acceptors (Lipinski definition) is 6. The lowest BCUT2D eigenvalue weighted by Gasteiger charge is -2.44. The Kier molecular flexibility index (Phi) is 5.72. The van der Waals surface area contributed by atoms with E-state index in [4.69, 9.17) is 11.6 Å². The number of aromatic nitrogens is 2. The van der Waals surface area contributed by atoms with E-state index in [1.54, 1.807) is 6.92 Å². The fourth-order valence-corrected chi connectivity index (χ4v) is 4.56. The summed E-state index contributed by atoms with van der Waals surface area (Å²) in [7, 11) is 0. The largest absolute Gasteiger partial charge is 0.382 e. The number of hydrogen-bond donors (Lipinski definition) is 3. The molecule has 4 rings (SSSR count). The first-order chi connectivity index (χ1) is 14.7. The summed E-state index contributed by atoms with van der Waals surface area (Å²) in [6.45, 7) is 2.23. The summed E-state index contributed by atoms with van der Waals surface area (Å²) in [5.41, 5.74) is -4.27.